The topological polar surface area (TPSA) is 69.7 Å². The molecule has 5 nitrogen and oxygen atoms in total. The zero-order valence-corrected chi connectivity index (χ0v) is 26.1. The smallest absolute Gasteiger partial charge is 0.307 e. The van der Waals surface area contributed by atoms with Crippen molar-refractivity contribution in [3.05, 3.63) is 11.3 Å². The van der Waals surface area contributed by atoms with E-state index in [0.29, 0.717) is 24.2 Å². The second-order valence-corrected chi connectivity index (χ2v) is 16.1. The van der Waals surface area contributed by atoms with E-state index in [1.54, 1.807) is 6.92 Å². The van der Waals surface area contributed by atoms with Crippen molar-refractivity contribution in [1.82, 2.24) is 0 Å². The van der Waals surface area contributed by atoms with E-state index in [9.17, 15) is 14.4 Å². The summed E-state index contributed by atoms with van der Waals surface area (Å²) in [5.74, 6) is 1.26. The van der Waals surface area contributed by atoms with Crippen LogP contribution in [0.15, 0.2) is 11.3 Å². The molecule has 0 aromatic carbocycles. The van der Waals surface area contributed by atoms with Crippen LogP contribution in [0.5, 0.6) is 0 Å². The maximum absolute atomic E-state index is 13.2. The van der Waals surface area contributed by atoms with Gasteiger partial charge in [0.05, 0.1) is 13.0 Å². The van der Waals surface area contributed by atoms with Crippen LogP contribution in [0.25, 0.3) is 0 Å². The molecule has 0 spiro atoms. The first-order valence-corrected chi connectivity index (χ1v) is 15.5. The van der Waals surface area contributed by atoms with Gasteiger partial charge < -0.3 is 9.47 Å². The Kier molecular flexibility index (Phi) is 6.60. The maximum atomic E-state index is 13.2. The maximum Gasteiger partial charge on any atom is 0.307 e. The highest BCUT2D eigenvalue weighted by Crippen LogP contribution is 2.78. The lowest BCUT2D eigenvalue weighted by atomic mass is 9.31. The molecule has 0 N–H and O–H groups in total. The lowest BCUT2D eigenvalue weighted by molar-refractivity contribution is -0.238. The van der Waals surface area contributed by atoms with E-state index in [1.165, 1.54) is 25.3 Å². The second-order valence-electron chi connectivity index (χ2n) is 16.1. The van der Waals surface area contributed by atoms with Gasteiger partial charge in [-0.25, -0.2) is 0 Å². The summed E-state index contributed by atoms with van der Waals surface area (Å²) in [6.45, 7) is 20.3. The molecule has 0 bridgehead atoms. The van der Waals surface area contributed by atoms with E-state index in [4.69, 9.17) is 9.47 Å². The minimum Gasteiger partial charge on any atom is -0.465 e. The van der Waals surface area contributed by atoms with Gasteiger partial charge >= 0.3 is 11.9 Å². The molecule has 0 aliphatic heterocycles. The molecule has 4 fully saturated rings. The molecule has 0 aromatic heterocycles. The van der Waals surface area contributed by atoms with Crippen LogP contribution in [0.4, 0.5) is 0 Å². The van der Waals surface area contributed by atoms with E-state index in [-0.39, 0.29) is 62.6 Å². The van der Waals surface area contributed by atoms with Gasteiger partial charge in [-0.15, -0.1) is 0 Å². The third-order valence-electron chi connectivity index (χ3n) is 13.7. The van der Waals surface area contributed by atoms with Crippen molar-refractivity contribution in [3.8, 4) is 0 Å². The van der Waals surface area contributed by atoms with E-state index in [1.807, 2.05) is 0 Å². The molecular weight excluding hydrogens is 488 g/mol. The highest BCUT2D eigenvalue weighted by atomic mass is 16.5. The van der Waals surface area contributed by atoms with Crippen LogP contribution < -0.4 is 0 Å². The molecule has 5 aliphatic rings. The Hall–Kier alpha value is -1.65. The minimum absolute atomic E-state index is 0.0559. The SMILES string of the molecule is CC(=O)OC[C@]12CCC(C)(C)C[C@H]1[C@]1(C)CC[C@@]3(C)C4=C(OC(C)=O)CC(=O)[C@H](C)[C@@]4(C)CCC3[C@@]1(C)CC2. The average molecular weight is 541 g/mol. The van der Waals surface area contributed by atoms with Crippen molar-refractivity contribution in [2.75, 3.05) is 6.61 Å². The molecule has 0 heterocycles. The summed E-state index contributed by atoms with van der Waals surface area (Å²) in [6.07, 6.45) is 10.2. The van der Waals surface area contributed by atoms with Gasteiger partial charge in [0, 0.05) is 30.6 Å². The van der Waals surface area contributed by atoms with Crippen LogP contribution in [0.1, 0.15) is 127 Å². The quantitative estimate of drug-likeness (QED) is 0.341. The van der Waals surface area contributed by atoms with Crippen molar-refractivity contribution in [3.63, 3.8) is 0 Å². The molecule has 5 heteroatoms. The van der Waals surface area contributed by atoms with Gasteiger partial charge in [-0.1, -0.05) is 48.5 Å². The van der Waals surface area contributed by atoms with E-state index >= 15 is 0 Å². The summed E-state index contributed by atoms with van der Waals surface area (Å²) in [4.78, 5) is 37.4. The van der Waals surface area contributed by atoms with E-state index in [0.717, 1.165) is 44.9 Å². The third kappa shape index (κ3) is 4.02. The summed E-state index contributed by atoms with van der Waals surface area (Å²) in [6, 6.07) is 0. The lowest BCUT2D eigenvalue weighted by Crippen LogP contribution is -2.67. The Balaban J connectivity index is 1.61. The first-order valence-electron chi connectivity index (χ1n) is 15.5. The monoisotopic (exact) mass is 540 g/mol. The summed E-state index contributed by atoms with van der Waals surface area (Å²) in [7, 11) is 0. The Morgan fingerprint density at radius 2 is 1.41 bits per heavy atom. The molecule has 218 valence electrons. The number of rotatable bonds is 3. The first-order chi connectivity index (χ1) is 17.9. The van der Waals surface area contributed by atoms with Crippen LogP contribution in [0.3, 0.4) is 0 Å². The van der Waals surface area contributed by atoms with Crippen LogP contribution in [-0.4, -0.2) is 24.3 Å². The minimum atomic E-state index is -0.322. The van der Waals surface area contributed by atoms with Crippen molar-refractivity contribution in [2.45, 2.75) is 127 Å². The number of allylic oxidation sites excluding steroid dienone is 2. The van der Waals surface area contributed by atoms with Gasteiger partial charge in [0.1, 0.15) is 11.5 Å². The van der Waals surface area contributed by atoms with E-state index < -0.39 is 0 Å². The number of hydrogen-bond donors (Lipinski definition) is 0. The normalized spacial score (nSPS) is 46.8. The van der Waals surface area contributed by atoms with Crippen molar-refractivity contribution in [1.29, 1.82) is 0 Å². The zero-order valence-electron chi connectivity index (χ0n) is 26.1. The molecule has 1 unspecified atom stereocenters. The molecule has 5 aliphatic carbocycles. The predicted octanol–water partition coefficient (Wildman–Crippen LogP) is 7.81. The van der Waals surface area contributed by atoms with Crippen LogP contribution in [0, 0.1) is 50.2 Å². The third-order valence-corrected chi connectivity index (χ3v) is 13.7. The molecule has 0 amide bonds. The Morgan fingerprint density at radius 3 is 2.05 bits per heavy atom. The number of fused-ring (bicyclic) bond motifs is 7. The standard InChI is InChI=1S/C34H52O5/c1-21-24(37)18-25(39-23(3)36)28-30(21,6)11-10-26-31(28,7)13-14-33(9)27-19-29(4,5)12-16-34(27,20-38-22(2)35)17-15-32(26,33)8/h21,26-27H,10-20H2,1-9H3/t21-,26?,27-,30+,31+,32+,33-,34+/m0/s1. The van der Waals surface area contributed by atoms with Crippen LogP contribution in [-0.2, 0) is 23.9 Å². The fraction of sp³-hybridized carbons (Fsp3) is 0.853. The zero-order chi connectivity index (χ0) is 28.8. The van der Waals surface area contributed by atoms with Gasteiger partial charge in [-0.2, -0.15) is 0 Å². The number of hydrogen-bond acceptors (Lipinski definition) is 5. The summed E-state index contributed by atoms with van der Waals surface area (Å²) in [5, 5.41) is 0. The number of ketones is 1. The fourth-order valence-corrected chi connectivity index (χ4v) is 11.2. The molecule has 5 rings (SSSR count). The number of esters is 2. The highest BCUT2D eigenvalue weighted by Gasteiger charge is 2.71. The molecule has 0 saturated heterocycles. The van der Waals surface area contributed by atoms with Crippen LogP contribution >= 0.6 is 0 Å². The molecule has 4 saturated carbocycles. The first kappa shape index (κ1) is 28.9. The van der Waals surface area contributed by atoms with E-state index in [2.05, 4.69) is 48.5 Å². The highest BCUT2D eigenvalue weighted by molar-refractivity contribution is 5.86. The van der Waals surface area contributed by atoms with Gasteiger partial charge in [0.15, 0.2) is 0 Å². The van der Waals surface area contributed by atoms with Gasteiger partial charge in [0.25, 0.3) is 0 Å². The van der Waals surface area contributed by atoms with Gasteiger partial charge in [-0.3, -0.25) is 14.4 Å². The Bertz CT molecular complexity index is 1120. The van der Waals surface area contributed by atoms with Crippen molar-refractivity contribution in [2.24, 2.45) is 50.2 Å². The van der Waals surface area contributed by atoms with Crippen molar-refractivity contribution >= 4 is 17.7 Å². The number of carbonyl (C=O) groups excluding carboxylic acids is 3. The molecular formula is C34H52O5. The molecule has 39 heavy (non-hydrogen) atoms. The summed E-state index contributed by atoms with van der Waals surface area (Å²) >= 11 is 0. The Morgan fingerprint density at radius 1 is 0.795 bits per heavy atom. The molecule has 0 aromatic rings. The predicted molar refractivity (Wildman–Crippen MR) is 151 cm³/mol. The van der Waals surface area contributed by atoms with Crippen molar-refractivity contribution < 1.29 is 23.9 Å². The average Bonchev–Trinajstić information content (AvgIpc) is 2.82. The number of Topliss-reactive ketones (excluding diaryl/α,β-unsaturated/α-hetero) is 1. The Labute approximate surface area is 236 Å². The van der Waals surface area contributed by atoms with Gasteiger partial charge in [0.2, 0.25) is 0 Å². The largest absolute Gasteiger partial charge is 0.465 e. The molecule has 8 atom stereocenters. The fourth-order valence-electron chi connectivity index (χ4n) is 11.2. The number of carbonyl (C=O) groups is 3. The summed E-state index contributed by atoms with van der Waals surface area (Å²) < 4.78 is 11.7. The second kappa shape index (κ2) is 8.92. The molecule has 0 radical (unpaired) electrons. The lowest BCUT2D eigenvalue weighted by Gasteiger charge is -2.73. The van der Waals surface area contributed by atoms with Gasteiger partial charge in [-0.05, 0) is 96.9 Å². The number of ether oxygens (including phenoxy) is 2. The van der Waals surface area contributed by atoms with Crippen LogP contribution in [0.2, 0.25) is 0 Å². The summed E-state index contributed by atoms with van der Waals surface area (Å²) in [5.41, 5.74) is 1.47.